The lowest BCUT2D eigenvalue weighted by Crippen LogP contribution is -2.45. The van der Waals surface area contributed by atoms with Crippen LogP contribution < -0.4 is 5.32 Å². The summed E-state index contributed by atoms with van der Waals surface area (Å²) < 4.78 is 0. The van der Waals surface area contributed by atoms with Crippen LogP contribution in [0.5, 0.6) is 0 Å². The standard InChI is InChI=1S/C53H107NO3/c1-3-5-7-9-11-13-15-17-18-19-20-21-22-23-24-25-26-27-28-29-30-31-32-33-34-35-37-38-40-42-44-46-48-52(56)51(50-55)54-53(57)49-47-45-43-41-39-36-16-14-12-10-8-6-4-2/h51-52,55-56H,3-50H2,1-2H3,(H,54,57). The number of rotatable bonds is 50. The minimum absolute atomic E-state index is 0.0257. The molecule has 2 atom stereocenters. The molecule has 4 heteroatoms. The van der Waals surface area contributed by atoms with Gasteiger partial charge in [-0.15, -0.1) is 0 Å². The summed E-state index contributed by atoms with van der Waals surface area (Å²) in [5.74, 6) is -0.0257. The van der Waals surface area contributed by atoms with Crippen LogP contribution in [-0.4, -0.2) is 34.9 Å². The molecule has 57 heavy (non-hydrogen) atoms. The van der Waals surface area contributed by atoms with E-state index in [1.807, 2.05) is 0 Å². The highest BCUT2D eigenvalue weighted by atomic mass is 16.3. The number of unbranched alkanes of at least 4 members (excludes halogenated alkanes) is 43. The first-order valence-corrected chi connectivity index (χ1v) is 26.7. The van der Waals surface area contributed by atoms with Crippen molar-refractivity contribution in [1.29, 1.82) is 0 Å². The molecule has 0 aromatic carbocycles. The molecule has 0 aliphatic heterocycles. The average Bonchev–Trinajstić information content (AvgIpc) is 3.22. The molecule has 0 bridgehead atoms. The van der Waals surface area contributed by atoms with E-state index in [-0.39, 0.29) is 12.5 Å². The van der Waals surface area contributed by atoms with E-state index in [1.54, 1.807) is 0 Å². The molecule has 2 unspecified atom stereocenters. The number of amides is 1. The number of aliphatic hydroxyl groups is 2. The summed E-state index contributed by atoms with van der Waals surface area (Å²) in [7, 11) is 0. The van der Waals surface area contributed by atoms with E-state index in [0.717, 1.165) is 25.7 Å². The van der Waals surface area contributed by atoms with Crippen LogP contribution in [0.4, 0.5) is 0 Å². The van der Waals surface area contributed by atoms with Gasteiger partial charge in [0.2, 0.25) is 5.91 Å². The smallest absolute Gasteiger partial charge is 0.220 e. The van der Waals surface area contributed by atoms with Crippen LogP contribution in [0.25, 0.3) is 0 Å². The molecule has 3 N–H and O–H groups in total. The Balaban J connectivity index is 3.35. The molecule has 0 fully saturated rings. The topological polar surface area (TPSA) is 69.6 Å². The third kappa shape index (κ3) is 46.3. The number of hydrogen-bond donors (Lipinski definition) is 3. The zero-order valence-electron chi connectivity index (χ0n) is 39.4. The summed E-state index contributed by atoms with van der Waals surface area (Å²) in [6.45, 7) is 4.39. The van der Waals surface area contributed by atoms with E-state index in [4.69, 9.17) is 0 Å². The Bertz CT molecular complexity index is 744. The lowest BCUT2D eigenvalue weighted by molar-refractivity contribution is -0.123. The molecule has 0 radical (unpaired) electrons. The summed E-state index contributed by atoms with van der Waals surface area (Å²) >= 11 is 0. The SMILES string of the molecule is CCCCCCCCCCCCCCCCCCCCCCCCCCCCCCCCCCC(O)C(CO)NC(=O)CCCCCCCCCCCCCCC. The van der Waals surface area contributed by atoms with Crippen molar-refractivity contribution in [3.05, 3.63) is 0 Å². The quantitative estimate of drug-likeness (QED) is 0.0536. The van der Waals surface area contributed by atoms with Gasteiger partial charge in [-0.3, -0.25) is 4.79 Å². The largest absolute Gasteiger partial charge is 0.394 e. The Kier molecular flexibility index (Phi) is 49.2. The first-order valence-electron chi connectivity index (χ1n) is 26.7. The molecule has 0 saturated heterocycles. The predicted molar refractivity (Wildman–Crippen MR) is 253 cm³/mol. The Morgan fingerprint density at radius 3 is 0.789 bits per heavy atom. The van der Waals surface area contributed by atoms with Crippen molar-refractivity contribution in [2.24, 2.45) is 0 Å². The molecule has 0 rings (SSSR count). The maximum Gasteiger partial charge on any atom is 0.220 e. The zero-order chi connectivity index (χ0) is 41.4. The lowest BCUT2D eigenvalue weighted by atomic mass is 10.0. The van der Waals surface area contributed by atoms with Gasteiger partial charge in [-0.25, -0.2) is 0 Å². The molecular weight excluding hydrogens is 699 g/mol. The lowest BCUT2D eigenvalue weighted by Gasteiger charge is -2.22. The number of carbonyl (C=O) groups is 1. The van der Waals surface area contributed by atoms with E-state index in [1.165, 1.54) is 263 Å². The number of carbonyl (C=O) groups excluding carboxylic acids is 1. The Morgan fingerprint density at radius 2 is 0.561 bits per heavy atom. The fourth-order valence-corrected chi connectivity index (χ4v) is 8.78. The molecule has 0 heterocycles. The van der Waals surface area contributed by atoms with Crippen molar-refractivity contribution in [3.63, 3.8) is 0 Å². The fourth-order valence-electron chi connectivity index (χ4n) is 8.78. The molecule has 342 valence electrons. The number of aliphatic hydroxyl groups excluding tert-OH is 2. The molecule has 0 spiro atoms. The van der Waals surface area contributed by atoms with Crippen molar-refractivity contribution in [3.8, 4) is 0 Å². The van der Waals surface area contributed by atoms with Gasteiger partial charge in [0.1, 0.15) is 0 Å². The molecule has 0 aromatic heterocycles. The number of nitrogens with one attached hydrogen (secondary N) is 1. The molecule has 0 aromatic rings. The van der Waals surface area contributed by atoms with Gasteiger partial charge in [0.05, 0.1) is 18.8 Å². The van der Waals surface area contributed by atoms with Crippen LogP contribution in [0, 0.1) is 0 Å². The van der Waals surface area contributed by atoms with E-state index in [2.05, 4.69) is 19.2 Å². The minimum atomic E-state index is -0.654. The van der Waals surface area contributed by atoms with Crippen molar-refractivity contribution in [2.45, 2.75) is 328 Å². The van der Waals surface area contributed by atoms with Gasteiger partial charge >= 0.3 is 0 Å². The Labute approximate surface area is 359 Å². The molecule has 1 amide bonds. The fraction of sp³-hybridized carbons (Fsp3) is 0.981. The van der Waals surface area contributed by atoms with Gasteiger partial charge in [0.25, 0.3) is 0 Å². The van der Waals surface area contributed by atoms with Gasteiger partial charge in [-0.05, 0) is 12.8 Å². The van der Waals surface area contributed by atoms with Crippen molar-refractivity contribution in [2.75, 3.05) is 6.61 Å². The van der Waals surface area contributed by atoms with Crippen LogP contribution in [0.3, 0.4) is 0 Å². The first-order chi connectivity index (χ1) is 28.2. The van der Waals surface area contributed by atoms with E-state index >= 15 is 0 Å². The number of hydrogen-bond acceptors (Lipinski definition) is 3. The van der Waals surface area contributed by atoms with Gasteiger partial charge in [0, 0.05) is 6.42 Å². The highest BCUT2D eigenvalue weighted by Crippen LogP contribution is 2.18. The maximum absolute atomic E-state index is 12.4. The van der Waals surface area contributed by atoms with Crippen LogP contribution in [-0.2, 0) is 4.79 Å². The van der Waals surface area contributed by atoms with Crippen molar-refractivity contribution < 1.29 is 15.0 Å². The van der Waals surface area contributed by atoms with E-state index in [0.29, 0.717) is 12.8 Å². The Hall–Kier alpha value is -0.610. The summed E-state index contributed by atoms with van der Waals surface area (Å²) in [5.41, 5.74) is 0. The minimum Gasteiger partial charge on any atom is -0.394 e. The molecule has 0 saturated carbocycles. The molecule has 0 aliphatic carbocycles. The van der Waals surface area contributed by atoms with Crippen molar-refractivity contribution >= 4 is 5.91 Å². The van der Waals surface area contributed by atoms with E-state index in [9.17, 15) is 15.0 Å². The second-order valence-corrected chi connectivity index (χ2v) is 18.7. The van der Waals surface area contributed by atoms with Crippen LogP contribution >= 0.6 is 0 Å². The van der Waals surface area contributed by atoms with Crippen molar-refractivity contribution in [1.82, 2.24) is 5.32 Å². The van der Waals surface area contributed by atoms with E-state index < -0.39 is 12.1 Å². The third-order valence-corrected chi connectivity index (χ3v) is 12.9. The maximum atomic E-state index is 12.4. The van der Waals surface area contributed by atoms with Gasteiger partial charge in [-0.1, -0.05) is 296 Å². The van der Waals surface area contributed by atoms with Crippen LogP contribution in [0.15, 0.2) is 0 Å². The van der Waals surface area contributed by atoms with Crippen LogP contribution in [0.2, 0.25) is 0 Å². The summed E-state index contributed by atoms with van der Waals surface area (Å²) in [6.07, 6.45) is 62.3. The van der Waals surface area contributed by atoms with Gasteiger partial charge in [-0.2, -0.15) is 0 Å². The first kappa shape index (κ1) is 56.4. The van der Waals surface area contributed by atoms with Gasteiger partial charge in [0.15, 0.2) is 0 Å². The third-order valence-electron chi connectivity index (χ3n) is 12.9. The summed E-state index contributed by atoms with van der Waals surface area (Å²) in [5, 5.41) is 23.2. The summed E-state index contributed by atoms with van der Waals surface area (Å²) in [6, 6.07) is -0.530. The summed E-state index contributed by atoms with van der Waals surface area (Å²) in [4.78, 5) is 12.4. The normalized spacial score (nSPS) is 12.7. The Morgan fingerprint density at radius 1 is 0.351 bits per heavy atom. The second kappa shape index (κ2) is 49.8. The predicted octanol–water partition coefficient (Wildman–Crippen LogP) is 17.2. The average molecular weight is 806 g/mol. The molecule has 0 aliphatic rings. The monoisotopic (exact) mass is 806 g/mol. The zero-order valence-corrected chi connectivity index (χ0v) is 39.4. The van der Waals surface area contributed by atoms with Crippen LogP contribution in [0.1, 0.15) is 316 Å². The van der Waals surface area contributed by atoms with Gasteiger partial charge < -0.3 is 15.5 Å². The second-order valence-electron chi connectivity index (χ2n) is 18.7. The molecule has 4 nitrogen and oxygen atoms in total. The highest BCUT2D eigenvalue weighted by molar-refractivity contribution is 5.76. The molecular formula is C53H107NO3. The highest BCUT2D eigenvalue weighted by Gasteiger charge is 2.20.